The van der Waals surface area contributed by atoms with Crippen LogP contribution in [0.3, 0.4) is 0 Å². The van der Waals surface area contributed by atoms with Gasteiger partial charge in [0.15, 0.2) is 5.79 Å². The third kappa shape index (κ3) is 3.09. The lowest BCUT2D eigenvalue weighted by molar-refractivity contribution is -0.148. The molecule has 1 heterocycles. The van der Waals surface area contributed by atoms with E-state index < -0.39 is 0 Å². The molecule has 1 fully saturated rings. The summed E-state index contributed by atoms with van der Waals surface area (Å²) in [4.78, 5) is 0. The van der Waals surface area contributed by atoms with Gasteiger partial charge in [-0.1, -0.05) is 0 Å². The fourth-order valence-electron chi connectivity index (χ4n) is 1.42. The highest BCUT2D eigenvalue weighted by Crippen LogP contribution is 2.24. The predicted octanol–water partition coefficient (Wildman–Crippen LogP) is 1.30. The molecule has 72 valence electrons. The predicted molar refractivity (Wildman–Crippen MR) is 45.8 cm³/mol. The van der Waals surface area contributed by atoms with Gasteiger partial charge in [-0.05, 0) is 26.7 Å². The molecule has 0 radical (unpaired) electrons. The van der Waals surface area contributed by atoms with Crippen molar-refractivity contribution in [1.29, 1.82) is 0 Å². The van der Waals surface area contributed by atoms with Gasteiger partial charge in [-0.25, -0.2) is 0 Å². The highest BCUT2D eigenvalue weighted by atomic mass is 16.7. The van der Waals surface area contributed by atoms with Crippen LogP contribution in [0.1, 0.15) is 33.1 Å². The normalized spacial score (nSPS) is 24.2. The summed E-state index contributed by atoms with van der Waals surface area (Å²) in [5.41, 5.74) is 0. The highest BCUT2D eigenvalue weighted by molar-refractivity contribution is 4.68. The first-order valence-corrected chi connectivity index (χ1v) is 4.58. The van der Waals surface area contributed by atoms with E-state index in [0.717, 1.165) is 19.3 Å². The van der Waals surface area contributed by atoms with Crippen LogP contribution in [0.15, 0.2) is 0 Å². The van der Waals surface area contributed by atoms with Crippen LogP contribution < -0.4 is 0 Å². The maximum absolute atomic E-state index is 9.03. The topological polar surface area (TPSA) is 38.7 Å². The van der Waals surface area contributed by atoms with Crippen LogP contribution >= 0.6 is 0 Å². The van der Waals surface area contributed by atoms with Crippen LogP contribution in [-0.2, 0) is 9.47 Å². The van der Waals surface area contributed by atoms with Gasteiger partial charge in [0.05, 0.1) is 19.3 Å². The summed E-state index contributed by atoms with van der Waals surface area (Å²) in [6.07, 6.45) is 2.43. The maximum atomic E-state index is 9.03. The molecule has 0 unspecified atom stereocenters. The minimum absolute atomic E-state index is 0.213. The molecule has 1 saturated heterocycles. The second-order valence-corrected chi connectivity index (χ2v) is 3.57. The van der Waals surface area contributed by atoms with Crippen molar-refractivity contribution in [3.8, 4) is 0 Å². The molecule has 1 aliphatic rings. The summed E-state index contributed by atoms with van der Waals surface area (Å²) in [5.74, 6) is -0.380. The summed E-state index contributed by atoms with van der Waals surface area (Å²) in [6.45, 7) is 5.16. The van der Waals surface area contributed by atoms with Crippen molar-refractivity contribution in [3.05, 3.63) is 0 Å². The number of aliphatic hydroxyl groups excluding tert-OH is 1. The molecule has 0 aromatic carbocycles. The van der Waals surface area contributed by atoms with Crippen molar-refractivity contribution in [3.63, 3.8) is 0 Å². The van der Waals surface area contributed by atoms with Gasteiger partial charge in [0.1, 0.15) is 0 Å². The lowest BCUT2D eigenvalue weighted by Crippen LogP contribution is -2.25. The summed E-state index contributed by atoms with van der Waals surface area (Å²) in [5, 5.41) is 9.03. The summed E-state index contributed by atoms with van der Waals surface area (Å²) < 4.78 is 10.8. The zero-order valence-electron chi connectivity index (χ0n) is 7.88. The lowest BCUT2D eigenvalue weighted by atomic mass is 10.1. The van der Waals surface area contributed by atoms with Crippen molar-refractivity contribution in [1.82, 2.24) is 0 Å². The van der Waals surface area contributed by atoms with Gasteiger partial charge in [0, 0.05) is 6.42 Å². The number of rotatable bonds is 4. The molecule has 3 nitrogen and oxygen atoms in total. The fraction of sp³-hybridized carbons (Fsp3) is 1.00. The van der Waals surface area contributed by atoms with Gasteiger partial charge >= 0.3 is 0 Å². The molecule has 0 aliphatic carbocycles. The molecule has 1 rings (SSSR count). The van der Waals surface area contributed by atoms with Gasteiger partial charge < -0.3 is 14.6 Å². The Labute approximate surface area is 73.7 Å². The molecular formula is C9H18O3. The first-order valence-electron chi connectivity index (χ1n) is 4.58. The van der Waals surface area contributed by atoms with E-state index >= 15 is 0 Å². The molecule has 0 saturated carbocycles. The average molecular weight is 174 g/mol. The molecule has 0 bridgehead atoms. The van der Waals surface area contributed by atoms with Gasteiger partial charge in [-0.15, -0.1) is 0 Å². The molecule has 1 aliphatic heterocycles. The van der Waals surface area contributed by atoms with Crippen molar-refractivity contribution in [2.45, 2.75) is 45.0 Å². The van der Waals surface area contributed by atoms with Crippen molar-refractivity contribution < 1.29 is 14.6 Å². The quantitative estimate of drug-likeness (QED) is 0.698. The Bertz CT molecular complexity index is 128. The second-order valence-electron chi connectivity index (χ2n) is 3.57. The van der Waals surface area contributed by atoms with Gasteiger partial charge in [0.2, 0.25) is 0 Å². The molecule has 1 atom stereocenters. The van der Waals surface area contributed by atoms with Crippen LogP contribution in [0.5, 0.6) is 0 Å². The fourth-order valence-corrected chi connectivity index (χ4v) is 1.42. The minimum atomic E-state index is -0.380. The second kappa shape index (κ2) is 4.21. The average Bonchev–Trinajstić information content (AvgIpc) is 2.35. The Morgan fingerprint density at radius 2 is 2.00 bits per heavy atom. The van der Waals surface area contributed by atoms with E-state index in [2.05, 4.69) is 0 Å². The minimum Gasteiger partial charge on any atom is -0.393 e. The molecular weight excluding hydrogens is 156 g/mol. The van der Waals surface area contributed by atoms with Crippen LogP contribution in [0.25, 0.3) is 0 Å². The van der Waals surface area contributed by atoms with Crippen molar-refractivity contribution in [2.24, 2.45) is 0 Å². The van der Waals surface area contributed by atoms with Crippen LogP contribution in [0, 0.1) is 0 Å². The van der Waals surface area contributed by atoms with Crippen molar-refractivity contribution in [2.75, 3.05) is 13.2 Å². The Balaban J connectivity index is 2.13. The molecule has 0 aromatic heterocycles. The number of hydrogen-bond donors (Lipinski definition) is 1. The highest BCUT2D eigenvalue weighted by Gasteiger charge is 2.29. The first kappa shape index (κ1) is 9.96. The van der Waals surface area contributed by atoms with E-state index in [1.54, 1.807) is 6.92 Å². The number of ether oxygens (including phenoxy) is 2. The smallest absolute Gasteiger partial charge is 0.165 e. The largest absolute Gasteiger partial charge is 0.393 e. The molecule has 0 spiro atoms. The Kier molecular flexibility index (Phi) is 3.50. The Morgan fingerprint density at radius 1 is 1.42 bits per heavy atom. The summed E-state index contributed by atoms with van der Waals surface area (Å²) in [7, 11) is 0. The monoisotopic (exact) mass is 174 g/mol. The van der Waals surface area contributed by atoms with Gasteiger partial charge in [0.25, 0.3) is 0 Å². The van der Waals surface area contributed by atoms with E-state index in [1.807, 2.05) is 6.92 Å². The SMILES string of the molecule is C[C@H](O)CCCC1(C)OCCO1. The van der Waals surface area contributed by atoms with E-state index in [9.17, 15) is 0 Å². The molecule has 3 heteroatoms. The van der Waals surface area contributed by atoms with E-state index in [0.29, 0.717) is 13.2 Å². The zero-order chi connectivity index (χ0) is 9.03. The van der Waals surface area contributed by atoms with E-state index in [4.69, 9.17) is 14.6 Å². The van der Waals surface area contributed by atoms with Crippen LogP contribution in [0.2, 0.25) is 0 Å². The lowest BCUT2D eigenvalue weighted by Gasteiger charge is -2.22. The summed E-state index contributed by atoms with van der Waals surface area (Å²) >= 11 is 0. The standard InChI is InChI=1S/C9H18O3/c1-8(10)4-3-5-9(2)11-6-7-12-9/h8,10H,3-7H2,1-2H3/t8-/m0/s1. The van der Waals surface area contributed by atoms with Gasteiger partial charge in [-0.3, -0.25) is 0 Å². The van der Waals surface area contributed by atoms with Crippen LogP contribution in [0.4, 0.5) is 0 Å². The van der Waals surface area contributed by atoms with Crippen LogP contribution in [-0.4, -0.2) is 30.2 Å². The Hall–Kier alpha value is -0.120. The van der Waals surface area contributed by atoms with E-state index in [-0.39, 0.29) is 11.9 Å². The third-order valence-corrected chi connectivity index (χ3v) is 2.15. The maximum Gasteiger partial charge on any atom is 0.165 e. The molecule has 12 heavy (non-hydrogen) atoms. The summed E-state index contributed by atoms with van der Waals surface area (Å²) in [6, 6.07) is 0. The molecule has 0 amide bonds. The Morgan fingerprint density at radius 3 is 2.50 bits per heavy atom. The van der Waals surface area contributed by atoms with E-state index in [1.165, 1.54) is 0 Å². The molecule has 0 aromatic rings. The van der Waals surface area contributed by atoms with Crippen molar-refractivity contribution >= 4 is 0 Å². The first-order chi connectivity index (χ1) is 5.62. The third-order valence-electron chi connectivity index (χ3n) is 2.15. The number of aliphatic hydroxyl groups is 1. The number of hydrogen-bond acceptors (Lipinski definition) is 3. The molecule has 1 N–H and O–H groups in total. The van der Waals surface area contributed by atoms with Gasteiger partial charge in [-0.2, -0.15) is 0 Å². The zero-order valence-corrected chi connectivity index (χ0v) is 7.88.